The van der Waals surface area contributed by atoms with Gasteiger partial charge in [-0.2, -0.15) is 0 Å². The lowest BCUT2D eigenvalue weighted by Crippen LogP contribution is -2.48. The number of rotatable bonds is 3. The Morgan fingerprint density at radius 3 is 2.00 bits per heavy atom. The zero-order chi connectivity index (χ0) is 12.3. The molecule has 0 aliphatic carbocycles. The van der Waals surface area contributed by atoms with E-state index in [-0.39, 0.29) is 0 Å². The quantitative estimate of drug-likeness (QED) is 0.746. The highest BCUT2D eigenvalue weighted by molar-refractivity contribution is 4.83. The molecule has 2 rings (SSSR count). The second-order valence-corrected chi connectivity index (χ2v) is 6.28. The third kappa shape index (κ3) is 3.45. The fourth-order valence-electron chi connectivity index (χ4n) is 3.55. The lowest BCUT2D eigenvalue weighted by Gasteiger charge is -2.42. The molecule has 0 amide bonds. The van der Waals surface area contributed by atoms with Gasteiger partial charge in [0.05, 0.1) is 0 Å². The summed E-state index contributed by atoms with van der Waals surface area (Å²) in [4.78, 5) is 5.38. The van der Waals surface area contributed by atoms with Gasteiger partial charge in [0.1, 0.15) is 0 Å². The molecule has 0 spiro atoms. The smallest absolute Gasteiger partial charge is 0.0120 e. The maximum absolute atomic E-state index is 2.78. The largest absolute Gasteiger partial charge is 0.303 e. The first-order valence-electron chi connectivity index (χ1n) is 7.67. The normalized spacial score (nSPS) is 26.8. The molecule has 0 atom stereocenters. The molecule has 0 bridgehead atoms. The molecule has 100 valence electrons. The van der Waals surface area contributed by atoms with Gasteiger partial charge in [0.15, 0.2) is 0 Å². The fraction of sp³-hybridized carbons (Fsp3) is 1.00. The second kappa shape index (κ2) is 6.19. The van der Waals surface area contributed by atoms with Crippen molar-refractivity contribution >= 4 is 0 Å². The Hall–Kier alpha value is -0.0800. The summed E-state index contributed by atoms with van der Waals surface area (Å²) in [7, 11) is 0. The third-order valence-corrected chi connectivity index (χ3v) is 5.04. The van der Waals surface area contributed by atoms with E-state index in [1.807, 2.05) is 0 Å². The van der Waals surface area contributed by atoms with Crippen molar-refractivity contribution in [3.05, 3.63) is 0 Å². The molecule has 0 aromatic rings. The predicted octanol–water partition coefficient (Wildman–Crippen LogP) is 2.84. The first-order valence-corrected chi connectivity index (χ1v) is 7.67. The molecule has 2 nitrogen and oxygen atoms in total. The minimum absolute atomic E-state index is 0.888. The highest BCUT2D eigenvalue weighted by Gasteiger charge is 2.28. The van der Waals surface area contributed by atoms with E-state index in [0.717, 1.165) is 17.9 Å². The van der Waals surface area contributed by atoms with E-state index >= 15 is 0 Å². The van der Waals surface area contributed by atoms with E-state index in [1.54, 1.807) is 0 Å². The number of nitrogens with zero attached hydrogens (tertiary/aromatic N) is 2. The van der Waals surface area contributed by atoms with Crippen LogP contribution in [0.4, 0.5) is 0 Å². The van der Waals surface area contributed by atoms with E-state index in [9.17, 15) is 0 Å². The maximum Gasteiger partial charge on any atom is 0.0120 e. The summed E-state index contributed by atoms with van der Waals surface area (Å²) in [5.41, 5.74) is 0. The van der Waals surface area contributed by atoms with Crippen molar-refractivity contribution in [3.63, 3.8) is 0 Å². The molecular formula is C15H30N2. The number of piperidine rings is 2. The molecule has 0 aromatic carbocycles. The molecule has 2 aliphatic heterocycles. The Morgan fingerprint density at radius 1 is 0.941 bits per heavy atom. The van der Waals surface area contributed by atoms with Crippen molar-refractivity contribution in [2.45, 2.75) is 52.5 Å². The van der Waals surface area contributed by atoms with Crippen LogP contribution in [0.1, 0.15) is 46.5 Å². The van der Waals surface area contributed by atoms with Crippen LogP contribution < -0.4 is 0 Å². The average molecular weight is 238 g/mol. The van der Waals surface area contributed by atoms with Crippen LogP contribution in [0.3, 0.4) is 0 Å². The van der Waals surface area contributed by atoms with E-state index in [0.29, 0.717) is 0 Å². The van der Waals surface area contributed by atoms with E-state index < -0.39 is 0 Å². The van der Waals surface area contributed by atoms with Crippen molar-refractivity contribution in [3.8, 4) is 0 Å². The van der Waals surface area contributed by atoms with Crippen molar-refractivity contribution in [1.82, 2.24) is 9.80 Å². The highest BCUT2D eigenvalue weighted by atomic mass is 15.2. The van der Waals surface area contributed by atoms with Gasteiger partial charge >= 0.3 is 0 Å². The lowest BCUT2D eigenvalue weighted by atomic mass is 9.85. The van der Waals surface area contributed by atoms with Gasteiger partial charge in [-0.3, -0.25) is 0 Å². The van der Waals surface area contributed by atoms with Gasteiger partial charge in [0.25, 0.3) is 0 Å². The summed E-state index contributed by atoms with van der Waals surface area (Å²) in [5, 5.41) is 0. The minimum Gasteiger partial charge on any atom is -0.303 e. The SMILES string of the molecule is CCN1CCC(N2CCC(C(C)C)CC2)CC1. The zero-order valence-electron chi connectivity index (χ0n) is 12.0. The van der Waals surface area contributed by atoms with Gasteiger partial charge in [-0.15, -0.1) is 0 Å². The van der Waals surface area contributed by atoms with Crippen LogP contribution in [0, 0.1) is 11.8 Å². The topological polar surface area (TPSA) is 6.48 Å². The summed E-state index contributed by atoms with van der Waals surface area (Å²) in [6.07, 6.45) is 5.68. The van der Waals surface area contributed by atoms with Gasteiger partial charge < -0.3 is 9.80 Å². The molecule has 0 saturated carbocycles. The molecular weight excluding hydrogens is 208 g/mol. The van der Waals surface area contributed by atoms with Crippen molar-refractivity contribution < 1.29 is 0 Å². The van der Waals surface area contributed by atoms with E-state index in [1.165, 1.54) is 58.4 Å². The Morgan fingerprint density at radius 2 is 1.53 bits per heavy atom. The molecule has 0 aromatic heterocycles. The summed E-state index contributed by atoms with van der Waals surface area (Å²) >= 11 is 0. The molecule has 0 N–H and O–H groups in total. The van der Waals surface area contributed by atoms with Crippen LogP contribution in [0.25, 0.3) is 0 Å². The third-order valence-electron chi connectivity index (χ3n) is 5.04. The number of hydrogen-bond acceptors (Lipinski definition) is 2. The Bertz CT molecular complexity index is 211. The van der Waals surface area contributed by atoms with Gasteiger partial charge in [-0.1, -0.05) is 20.8 Å². The van der Waals surface area contributed by atoms with Crippen LogP contribution in [-0.2, 0) is 0 Å². The monoisotopic (exact) mass is 238 g/mol. The summed E-state index contributed by atoms with van der Waals surface area (Å²) in [5.74, 6) is 1.88. The van der Waals surface area contributed by atoms with Gasteiger partial charge in [0, 0.05) is 6.04 Å². The van der Waals surface area contributed by atoms with Gasteiger partial charge in [-0.05, 0) is 70.2 Å². The predicted molar refractivity (Wildman–Crippen MR) is 74.3 cm³/mol. The standard InChI is InChI=1S/C15H30N2/c1-4-16-9-7-15(8-10-16)17-11-5-14(6-12-17)13(2)3/h13-15H,4-12H2,1-3H3. The zero-order valence-corrected chi connectivity index (χ0v) is 12.0. The fourth-order valence-corrected chi connectivity index (χ4v) is 3.55. The van der Waals surface area contributed by atoms with Crippen LogP contribution in [0.5, 0.6) is 0 Å². The van der Waals surface area contributed by atoms with Crippen LogP contribution >= 0.6 is 0 Å². The van der Waals surface area contributed by atoms with Crippen molar-refractivity contribution in [2.24, 2.45) is 11.8 Å². The molecule has 2 saturated heterocycles. The molecule has 17 heavy (non-hydrogen) atoms. The summed E-state index contributed by atoms with van der Waals surface area (Å²) in [6, 6.07) is 0.894. The molecule has 2 aliphatic rings. The molecule has 0 radical (unpaired) electrons. The van der Waals surface area contributed by atoms with E-state index in [2.05, 4.69) is 30.6 Å². The van der Waals surface area contributed by atoms with Crippen molar-refractivity contribution in [2.75, 3.05) is 32.7 Å². The number of likely N-dealkylation sites (tertiary alicyclic amines) is 2. The van der Waals surface area contributed by atoms with Crippen LogP contribution in [0.15, 0.2) is 0 Å². The first-order chi connectivity index (χ1) is 8.20. The summed E-state index contributed by atoms with van der Waals surface area (Å²) in [6.45, 7) is 13.7. The number of hydrogen-bond donors (Lipinski definition) is 0. The van der Waals surface area contributed by atoms with Gasteiger partial charge in [0.2, 0.25) is 0 Å². The second-order valence-electron chi connectivity index (χ2n) is 6.28. The van der Waals surface area contributed by atoms with Gasteiger partial charge in [-0.25, -0.2) is 0 Å². The Kier molecular flexibility index (Phi) is 4.87. The highest BCUT2D eigenvalue weighted by Crippen LogP contribution is 2.27. The Balaban J connectivity index is 1.74. The van der Waals surface area contributed by atoms with Crippen LogP contribution in [-0.4, -0.2) is 48.6 Å². The van der Waals surface area contributed by atoms with Crippen molar-refractivity contribution in [1.29, 1.82) is 0 Å². The molecule has 0 unspecified atom stereocenters. The molecule has 2 heteroatoms. The average Bonchev–Trinajstić information content (AvgIpc) is 2.39. The lowest BCUT2D eigenvalue weighted by molar-refractivity contribution is 0.0707. The molecule has 2 heterocycles. The maximum atomic E-state index is 2.78. The Labute approximate surface area is 107 Å². The first kappa shape index (κ1) is 13.4. The van der Waals surface area contributed by atoms with E-state index in [4.69, 9.17) is 0 Å². The minimum atomic E-state index is 0.888. The molecule has 2 fully saturated rings. The van der Waals surface area contributed by atoms with Crippen LogP contribution in [0.2, 0.25) is 0 Å². The summed E-state index contributed by atoms with van der Waals surface area (Å²) < 4.78 is 0.